The van der Waals surface area contributed by atoms with Gasteiger partial charge < -0.3 is 4.42 Å². The van der Waals surface area contributed by atoms with Gasteiger partial charge in [-0.25, -0.2) is 0 Å². The second kappa shape index (κ2) is 4.63. The zero-order valence-corrected chi connectivity index (χ0v) is 12.8. The van der Waals surface area contributed by atoms with Gasteiger partial charge in [-0.05, 0) is 57.6 Å². The highest BCUT2D eigenvalue weighted by Gasteiger charge is 2.08. The van der Waals surface area contributed by atoms with Crippen molar-refractivity contribution in [2.45, 2.75) is 0 Å². The van der Waals surface area contributed by atoms with Crippen LogP contribution < -0.4 is 0 Å². The van der Waals surface area contributed by atoms with E-state index in [0.29, 0.717) is 0 Å². The summed E-state index contributed by atoms with van der Waals surface area (Å²) in [4.78, 5) is 0. The zero-order chi connectivity index (χ0) is 13.5. The van der Waals surface area contributed by atoms with E-state index in [9.17, 15) is 0 Å². The molecule has 0 radical (unpaired) electrons. The minimum absolute atomic E-state index is 0.924. The number of halogens is 1. The van der Waals surface area contributed by atoms with E-state index in [1.807, 2.05) is 6.07 Å². The molecule has 0 unspecified atom stereocenters. The van der Waals surface area contributed by atoms with Gasteiger partial charge in [-0.2, -0.15) is 0 Å². The Bertz CT molecular complexity index is 904. The molecule has 0 aliphatic heterocycles. The lowest BCUT2D eigenvalue weighted by Gasteiger charge is -1.96. The van der Waals surface area contributed by atoms with Crippen LogP contribution in [0.25, 0.3) is 33.1 Å². The highest BCUT2D eigenvalue weighted by Crippen LogP contribution is 2.32. The first-order chi connectivity index (χ1) is 9.81. The third-order valence-electron chi connectivity index (χ3n) is 3.55. The van der Waals surface area contributed by atoms with Crippen LogP contribution in [0.5, 0.6) is 0 Å². The molecule has 2 heteroatoms. The summed E-state index contributed by atoms with van der Waals surface area (Å²) in [7, 11) is 0. The van der Waals surface area contributed by atoms with Gasteiger partial charge in [-0.15, -0.1) is 0 Å². The molecule has 4 rings (SSSR count). The SMILES string of the molecule is Ic1ccc(-c2cc3c(ccc4ccccc43)o2)cc1. The molecule has 0 saturated carbocycles. The van der Waals surface area contributed by atoms with Crippen molar-refractivity contribution in [3.05, 3.63) is 70.3 Å². The van der Waals surface area contributed by atoms with Gasteiger partial charge >= 0.3 is 0 Å². The number of benzene rings is 3. The first-order valence-electron chi connectivity index (χ1n) is 6.48. The molecule has 0 saturated heterocycles. The Labute approximate surface area is 130 Å². The number of hydrogen-bond acceptors (Lipinski definition) is 1. The molecule has 0 aliphatic carbocycles. The monoisotopic (exact) mass is 370 g/mol. The Morgan fingerprint density at radius 1 is 0.750 bits per heavy atom. The largest absolute Gasteiger partial charge is 0.456 e. The van der Waals surface area contributed by atoms with E-state index in [-0.39, 0.29) is 0 Å². The Morgan fingerprint density at radius 2 is 1.55 bits per heavy atom. The topological polar surface area (TPSA) is 13.1 Å². The fourth-order valence-electron chi connectivity index (χ4n) is 2.55. The van der Waals surface area contributed by atoms with E-state index in [0.717, 1.165) is 16.9 Å². The maximum Gasteiger partial charge on any atom is 0.135 e. The predicted molar refractivity (Wildman–Crippen MR) is 91.9 cm³/mol. The molecule has 20 heavy (non-hydrogen) atoms. The first kappa shape index (κ1) is 12.0. The van der Waals surface area contributed by atoms with Gasteiger partial charge in [0.25, 0.3) is 0 Å². The minimum Gasteiger partial charge on any atom is -0.456 e. The summed E-state index contributed by atoms with van der Waals surface area (Å²) >= 11 is 2.31. The highest BCUT2D eigenvalue weighted by atomic mass is 127. The normalized spacial score (nSPS) is 11.2. The second-order valence-electron chi connectivity index (χ2n) is 4.82. The maximum atomic E-state index is 6.00. The first-order valence-corrected chi connectivity index (χ1v) is 7.56. The molecule has 0 atom stereocenters. The molecule has 1 nitrogen and oxygen atoms in total. The van der Waals surface area contributed by atoms with Crippen molar-refractivity contribution in [2.24, 2.45) is 0 Å². The van der Waals surface area contributed by atoms with Crippen molar-refractivity contribution in [2.75, 3.05) is 0 Å². The van der Waals surface area contributed by atoms with Gasteiger partial charge in [0, 0.05) is 14.5 Å². The molecule has 3 aromatic carbocycles. The number of hydrogen-bond donors (Lipinski definition) is 0. The Kier molecular flexibility index (Phi) is 2.77. The van der Waals surface area contributed by atoms with Crippen molar-refractivity contribution in [1.82, 2.24) is 0 Å². The summed E-state index contributed by atoms with van der Waals surface area (Å²) in [5.74, 6) is 0.924. The lowest BCUT2D eigenvalue weighted by Crippen LogP contribution is -1.73. The number of fused-ring (bicyclic) bond motifs is 3. The van der Waals surface area contributed by atoms with Gasteiger partial charge in [0.05, 0.1) is 0 Å². The number of rotatable bonds is 1. The summed E-state index contributed by atoms with van der Waals surface area (Å²) < 4.78 is 7.23. The molecule has 0 fully saturated rings. The predicted octanol–water partition coefficient (Wildman–Crippen LogP) is 5.86. The highest BCUT2D eigenvalue weighted by molar-refractivity contribution is 14.1. The average molecular weight is 370 g/mol. The molecular formula is C18H11IO. The third kappa shape index (κ3) is 1.91. The van der Waals surface area contributed by atoms with Crippen molar-refractivity contribution in [3.8, 4) is 11.3 Å². The van der Waals surface area contributed by atoms with Crippen LogP contribution in [-0.2, 0) is 0 Å². The molecule has 0 bridgehead atoms. The van der Waals surface area contributed by atoms with E-state index in [1.165, 1.54) is 19.7 Å². The summed E-state index contributed by atoms with van der Waals surface area (Å²) in [6.07, 6.45) is 0. The van der Waals surface area contributed by atoms with E-state index < -0.39 is 0 Å². The van der Waals surface area contributed by atoms with Crippen molar-refractivity contribution >= 4 is 44.3 Å². The van der Waals surface area contributed by atoms with Crippen LogP contribution in [-0.4, -0.2) is 0 Å². The van der Waals surface area contributed by atoms with Crippen LogP contribution in [0.2, 0.25) is 0 Å². The fourth-order valence-corrected chi connectivity index (χ4v) is 2.91. The van der Waals surface area contributed by atoms with Crippen molar-refractivity contribution < 1.29 is 4.42 Å². The smallest absolute Gasteiger partial charge is 0.135 e. The van der Waals surface area contributed by atoms with Gasteiger partial charge in [-0.1, -0.05) is 42.5 Å². The summed E-state index contributed by atoms with van der Waals surface area (Å²) in [6.45, 7) is 0. The minimum atomic E-state index is 0.924. The van der Waals surface area contributed by atoms with Gasteiger partial charge in [0.2, 0.25) is 0 Å². The standard InChI is InChI=1S/C18H11IO/c19-14-8-5-13(6-9-14)18-11-16-15-4-2-1-3-12(15)7-10-17(16)20-18/h1-11H. The van der Waals surface area contributed by atoms with Crippen LogP contribution in [0.4, 0.5) is 0 Å². The van der Waals surface area contributed by atoms with E-state index in [4.69, 9.17) is 4.42 Å². The molecule has 1 aromatic heterocycles. The van der Waals surface area contributed by atoms with E-state index in [2.05, 4.69) is 83.3 Å². The average Bonchev–Trinajstić information content (AvgIpc) is 2.92. The van der Waals surface area contributed by atoms with Crippen LogP contribution in [0, 0.1) is 3.57 Å². The molecule has 0 amide bonds. The second-order valence-corrected chi connectivity index (χ2v) is 6.06. The third-order valence-corrected chi connectivity index (χ3v) is 4.27. The van der Waals surface area contributed by atoms with E-state index in [1.54, 1.807) is 0 Å². The lowest BCUT2D eigenvalue weighted by molar-refractivity contribution is 0.632. The van der Waals surface area contributed by atoms with E-state index >= 15 is 0 Å². The molecule has 1 heterocycles. The summed E-state index contributed by atoms with van der Waals surface area (Å²) in [6, 6.07) is 23.1. The molecule has 0 N–H and O–H groups in total. The van der Waals surface area contributed by atoms with Crippen molar-refractivity contribution in [1.29, 1.82) is 0 Å². The number of furan rings is 1. The van der Waals surface area contributed by atoms with Gasteiger partial charge in [0.15, 0.2) is 0 Å². The maximum absolute atomic E-state index is 6.00. The quantitative estimate of drug-likeness (QED) is 0.383. The Hall–Kier alpha value is -1.81. The molecule has 0 spiro atoms. The van der Waals surface area contributed by atoms with Crippen LogP contribution in [0.15, 0.2) is 71.1 Å². The summed E-state index contributed by atoms with van der Waals surface area (Å²) in [5, 5.41) is 3.66. The van der Waals surface area contributed by atoms with Crippen molar-refractivity contribution in [3.63, 3.8) is 0 Å². The molecule has 0 aliphatic rings. The lowest BCUT2D eigenvalue weighted by atomic mass is 10.1. The molecule has 4 aromatic rings. The van der Waals surface area contributed by atoms with Crippen LogP contribution in [0.1, 0.15) is 0 Å². The molecule has 96 valence electrons. The van der Waals surface area contributed by atoms with Gasteiger partial charge in [0.1, 0.15) is 11.3 Å². The van der Waals surface area contributed by atoms with Gasteiger partial charge in [-0.3, -0.25) is 0 Å². The van der Waals surface area contributed by atoms with Crippen LogP contribution >= 0.6 is 22.6 Å². The van der Waals surface area contributed by atoms with Crippen LogP contribution in [0.3, 0.4) is 0 Å². The Morgan fingerprint density at radius 3 is 2.40 bits per heavy atom. The Balaban J connectivity index is 1.98. The summed E-state index contributed by atoms with van der Waals surface area (Å²) in [5.41, 5.74) is 2.06. The molecular weight excluding hydrogens is 359 g/mol. The fraction of sp³-hybridized carbons (Fsp3) is 0. The zero-order valence-electron chi connectivity index (χ0n) is 10.6.